The van der Waals surface area contributed by atoms with Gasteiger partial charge in [-0.15, -0.1) is 0 Å². The molecule has 1 amide bonds. The van der Waals surface area contributed by atoms with Gasteiger partial charge in [0.15, 0.2) is 0 Å². The summed E-state index contributed by atoms with van der Waals surface area (Å²) in [5.41, 5.74) is 0.495. The maximum Gasteiger partial charge on any atom is 0.257 e. The fourth-order valence-corrected chi connectivity index (χ4v) is 1.42. The number of nitrogens with one attached hydrogen (secondary N) is 2. The molecule has 0 unspecified atom stereocenters. The summed E-state index contributed by atoms with van der Waals surface area (Å²) in [7, 11) is 1.73. The van der Waals surface area contributed by atoms with Crippen LogP contribution in [0.25, 0.3) is 0 Å². The normalized spacial score (nSPS) is 9.81. The minimum atomic E-state index is -0.266. The lowest BCUT2D eigenvalue weighted by Crippen LogP contribution is -2.12. The van der Waals surface area contributed by atoms with Gasteiger partial charge in [0, 0.05) is 30.3 Å². The number of hydrogen-bond donors (Lipinski definition) is 2. The molecule has 2 rings (SSSR count). The van der Waals surface area contributed by atoms with Crippen LogP contribution < -0.4 is 10.6 Å². The van der Waals surface area contributed by atoms with Crippen molar-refractivity contribution in [2.45, 2.75) is 0 Å². The SMILES string of the molecule is CNc1cc(C(=O)Nc2nnns2)ccn1. The zero-order valence-corrected chi connectivity index (χ0v) is 9.15. The Morgan fingerprint density at radius 1 is 1.50 bits per heavy atom. The summed E-state index contributed by atoms with van der Waals surface area (Å²) >= 11 is 1.02. The summed E-state index contributed by atoms with van der Waals surface area (Å²) in [5.74, 6) is 0.362. The van der Waals surface area contributed by atoms with E-state index in [1.165, 1.54) is 0 Å². The Morgan fingerprint density at radius 2 is 2.38 bits per heavy atom. The van der Waals surface area contributed by atoms with Gasteiger partial charge in [-0.25, -0.2) is 4.98 Å². The molecule has 2 N–H and O–H groups in total. The minimum Gasteiger partial charge on any atom is -0.373 e. The molecule has 0 aliphatic rings. The first-order valence-corrected chi connectivity index (χ1v) is 5.17. The van der Waals surface area contributed by atoms with Gasteiger partial charge in [0.25, 0.3) is 5.91 Å². The van der Waals surface area contributed by atoms with Gasteiger partial charge in [-0.1, -0.05) is 9.59 Å². The van der Waals surface area contributed by atoms with Crippen LogP contribution in [0.4, 0.5) is 10.9 Å². The molecule has 8 heteroatoms. The van der Waals surface area contributed by atoms with Crippen LogP contribution >= 0.6 is 11.5 Å². The van der Waals surface area contributed by atoms with Crippen molar-refractivity contribution >= 4 is 28.4 Å². The fraction of sp³-hybridized carbons (Fsp3) is 0.125. The van der Waals surface area contributed by atoms with Crippen LogP contribution in [-0.2, 0) is 0 Å². The van der Waals surface area contributed by atoms with E-state index in [0.29, 0.717) is 16.5 Å². The third-order valence-electron chi connectivity index (χ3n) is 1.80. The van der Waals surface area contributed by atoms with Gasteiger partial charge in [0.1, 0.15) is 5.82 Å². The van der Waals surface area contributed by atoms with Gasteiger partial charge < -0.3 is 5.32 Å². The Kier molecular flexibility index (Phi) is 3.01. The predicted molar refractivity (Wildman–Crippen MR) is 59.4 cm³/mol. The highest BCUT2D eigenvalue weighted by molar-refractivity contribution is 7.09. The Morgan fingerprint density at radius 3 is 3.06 bits per heavy atom. The van der Waals surface area contributed by atoms with Crippen molar-refractivity contribution in [3.8, 4) is 0 Å². The van der Waals surface area contributed by atoms with Crippen molar-refractivity contribution in [2.75, 3.05) is 17.7 Å². The smallest absolute Gasteiger partial charge is 0.257 e. The molecule has 0 aliphatic heterocycles. The molecule has 0 saturated heterocycles. The quantitative estimate of drug-likeness (QED) is 0.811. The molecule has 0 bridgehead atoms. The fourth-order valence-electron chi connectivity index (χ4n) is 1.06. The van der Waals surface area contributed by atoms with E-state index in [1.54, 1.807) is 25.4 Å². The molecule has 0 saturated carbocycles. The van der Waals surface area contributed by atoms with Gasteiger partial charge in [-0.3, -0.25) is 10.1 Å². The Labute approximate surface area is 95.1 Å². The number of carbonyl (C=O) groups is 1. The maximum absolute atomic E-state index is 11.7. The highest BCUT2D eigenvalue weighted by Gasteiger charge is 2.08. The lowest BCUT2D eigenvalue weighted by atomic mass is 10.2. The number of hydrogen-bond acceptors (Lipinski definition) is 7. The van der Waals surface area contributed by atoms with Crippen molar-refractivity contribution < 1.29 is 4.79 Å². The summed E-state index contributed by atoms with van der Waals surface area (Å²) in [4.78, 5) is 15.7. The first-order chi connectivity index (χ1) is 7.79. The molecule has 16 heavy (non-hydrogen) atoms. The first kappa shape index (κ1) is 10.4. The summed E-state index contributed by atoms with van der Waals surface area (Å²) in [6, 6.07) is 3.26. The van der Waals surface area contributed by atoms with Crippen LogP contribution in [-0.4, -0.2) is 32.7 Å². The van der Waals surface area contributed by atoms with Crippen molar-refractivity contribution in [2.24, 2.45) is 0 Å². The largest absolute Gasteiger partial charge is 0.373 e. The van der Waals surface area contributed by atoms with Crippen molar-refractivity contribution in [3.63, 3.8) is 0 Å². The van der Waals surface area contributed by atoms with Gasteiger partial charge in [0.05, 0.1) is 0 Å². The molecule has 0 atom stereocenters. The molecule has 2 heterocycles. The molecule has 0 spiro atoms. The number of rotatable bonds is 3. The highest BCUT2D eigenvalue weighted by Crippen LogP contribution is 2.10. The number of aromatic nitrogens is 4. The van der Waals surface area contributed by atoms with Crippen LogP contribution in [0.15, 0.2) is 18.3 Å². The summed E-state index contributed by atoms with van der Waals surface area (Å²) in [5, 5.41) is 12.8. The Balaban J connectivity index is 2.14. The van der Waals surface area contributed by atoms with Crippen LogP contribution in [0.5, 0.6) is 0 Å². The van der Waals surface area contributed by atoms with Gasteiger partial charge in [0.2, 0.25) is 5.13 Å². The van der Waals surface area contributed by atoms with E-state index < -0.39 is 0 Å². The van der Waals surface area contributed by atoms with Crippen molar-refractivity contribution in [1.82, 2.24) is 19.8 Å². The number of pyridine rings is 1. The lowest BCUT2D eigenvalue weighted by molar-refractivity contribution is 0.102. The zero-order chi connectivity index (χ0) is 11.4. The van der Waals surface area contributed by atoms with Gasteiger partial charge >= 0.3 is 0 Å². The van der Waals surface area contributed by atoms with Gasteiger partial charge in [-0.05, 0) is 17.3 Å². The molecular formula is C8H8N6OS. The van der Waals surface area contributed by atoms with Crippen LogP contribution in [0, 0.1) is 0 Å². The molecule has 0 radical (unpaired) electrons. The average molecular weight is 236 g/mol. The summed E-state index contributed by atoms with van der Waals surface area (Å²) in [6.45, 7) is 0. The molecule has 2 aromatic rings. The molecular weight excluding hydrogens is 228 g/mol. The maximum atomic E-state index is 11.7. The number of nitrogens with zero attached hydrogens (tertiary/aromatic N) is 4. The number of anilines is 2. The van der Waals surface area contributed by atoms with E-state index in [-0.39, 0.29) is 5.91 Å². The van der Waals surface area contributed by atoms with E-state index in [9.17, 15) is 4.79 Å². The molecule has 0 aliphatic carbocycles. The topological polar surface area (TPSA) is 92.7 Å². The van der Waals surface area contributed by atoms with E-state index in [2.05, 4.69) is 30.4 Å². The number of carbonyl (C=O) groups excluding carboxylic acids is 1. The third kappa shape index (κ3) is 2.28. The third-order valence-corrected chi connectivity index (χ3v) is 2.31. The van der Waals surface area contributed by atoms with Crippen molar-refractivity contribution in [3.05, 3.63) is 23.9 Å². The Hall–Kier alpha value is -2.09. The van der Waals surface area contributed by atoms with E-state index in [4.69, 9.17) is 0 Å². The predicted octanol–water partition coefficient (Wildman–Crippen LogP) is 0.622. The first-order valence-electron chi connectivity index (χ1n) is 4.40. The molecule has 2 aromatic heterocycles. The van der Waals surface area contributed by atoms with Gasteiger partial charge in [-0.2, -0.15) is 0 Å². The van der Waals surface area contributed by atoms with E-state index in [0.717, 1.165) is 11.5 Å². The second-order valence-corrected chi connectivity index (χ2v) is 3.53. The second-order valence-electron chi connectivity index (χ2n) is 2.80. The van der Waals surface area contributed by atoms with E-state index in [1.807, 2.05) is 0 Å². The minimum absolute atomic E-state index is 0.266. The zero-order valence-electron chi connectivity index (χ0n) is 8.34. The highest BCUT2D eigenvalue weighted by atomic mass is 32.1. The number of amides is 1. The standard InChI is InChI=1S/C8H8N6OS/c1-9-6-4-5(2-3-10-6)7(15)11-8-12-13-14-16-8/h2-4H,1H3,(H,9,10)(H,11,12,14,15). The Bertz CT molecular complexity index is 485. The monoisotopic (exact) mass is 236 g/mol. The van der Waals surface area contributed by atoms with Crippen molar-refractivity contribution in [1.29, 1.82) is 0 Å². The molecule has 82 valence electrons. The van der Waals surface area contributed by atoms with E-state index >= 15 is 0 Å². The molecule has 7 nitrogen and oxygen atoms in total. The lowest BCUT2D eigenvalue weighted by Gasteiger charge is -2.02. The molecule has 0 fully saturated rings. The molecule has 0 aromatic carbocycles. The van der Waals surface area contributed by atoms with Crippen LogP contribution in [0.2, 0.25) is 0 Å². The summed E-state index contributed by atoms with van der Waals surface area (Å²) in [6.07, 6.45) is 1.55. The van der Waals surface area contributed by atoms with Crippen LogP contribution in [0.1, 0.15) is 10.4 Å². The summed E-state index contributed by atoms with van der Waals surface area (Å²) < 4.78 is 3.54. The van der Waals surface area contributed by atoms with Crippen LogP contribution in [0.3, 0.4) is 0 Å². The second kappa shape index (κ2) is 4.62. The average Bonchev–Trinajstić information content (AvgIpc) is 2.82.